The van der Waals surface area contributed by atoms with Crippen LogP contribution in [-0.2, 0) is 6.54 Å². The third-order valence-corrected chi connectivity index (χ3v) is 2.64. The molecule has 0 bridgehead atoms. The summed E-state index contributed by atoms with van der Waals surface area (Å²) in [6.45, 7) is 0.323. The first-order valence-corrected chi connectivity index (χ1v) is 5.68. The van der Waals surface area contributed by atoms with Crippen molar-refractivity contribution in [1.29, 1.82) is 0 Å². The van der Waals surface area contributed by atoms with Gasteiger partial charge in [0.1, 0.15) is 0 Å². The molecule has 1 amide bonds. The number of amides is 1. The highest BCUT2D eigenvalue weighted by molar-refractivity contribution is 5.65. The summed E-state index contributed by atoms with van der Waals surface area (Å²) in [7, 11) is 1.53. The van der Waals surface area contributed by atoms with E-state index in [-0.39, 0.29) is 5.95 Å². The van der Waals surface area contributed by atoms with E-state index in [4.69, 9.17) is 10.8 Å². The Balaban J connectivity index is 2.27. The standard InChI is InChI=1S/C13H14N4O2/c1-17(13(18)19)8-9-3-2-4-10(7-9)11-5-6-15-12(14)16-11/h2-7H,8H2,1H3,(H,18,19)(H2,14,15,16). The van der Waals surface area contributed by atoms with Crippen molar-refractivity contribution in [2.24, 2.45) is 0 Å². The number of anilines is 1. The molecule has 0 aliphatic carbocycles. The molecule has 6 nitrogen and oxygen atoms in total. The van der Waals surface area contributed by atoms with Crippen molar-refractivity contribution in [1.82, 2.24) is 14.9 Å². The van der Waals surface area contributed by atoms with Gasteiger partial charge in [-0.15, -0.1) is 0 Å². The van der Waals surface area contributed by atoms with Gasteiger partial charge in [0.15, 0.2) is 0 Å². The third kappa shape index (κ3) is 3.19. The van der Waals surface area contributed by atoms with Gasteiger partial charge in [-0.3, -0.25) is 0 Å². The quantitative estimate of drug-likeness (QED) is 0.876. The average molecular weight is 258 g/mol. The van der Waals surface area contributed by atoms with E-state index in [0.29, 0.717) is 12.2 Å². The fourth-order valence-corrected chi connectivity index (χ4v) is 1.71. The molecule has 2 rings (SSSR count). The number of hydrogen-bond acceptors (Lipinski definition) is 4. The number of nitrogens with two attached hydrogens (primary N) is 1. The Bertz CT molecular complexity index is 601. The average Bonchev–Trinajstić information content (AvgIpc) is 2.39. The summed E-state index contributed by atoms with van der Waals surface area (Å²) in [6.07, 6.45) is 0.630. The van der Waals surface area contributed by atoms with Gasteiger partial charge >= 0.3 is 6.09 Å². The van der Waals surface area contributed by atoms with Crippen LogP contribution in [0.2, 0.25) is 0 Å². The number of nitrogens with zero attached hydrogens (tertiary/aromatic N) is 3. The van der Waals surface area contributed by atoms with E-state index in [9.17, 15) is 4.79 Å². The molecule has 0 atom stereocenters. The van der Waals surface area contributed by atoms with Gasteiger partial charge in [0.25, 0.3) is 0 Å². The molecule has 0 aliphatic heterocycles. The lowest BCUT2D eigenvalue weighted by atomic mass is 10.1. The molecule has 3 N–H and O–H groups in total. The van der Waals surface area contributed by atoms with Crippen LogP contribution in [0.25, 0.3) is 11.3 Å². The molecule has 1 aromatic heterocycles. The number of nitrogen functional groups attached to an aromatic ring is 1. The molecule has 19 heavy (non-hydrogen) atoms. The van der Waals surface area contributed by atoms with Crippen LogP contribution in [0.3, 0.4) is 0 Å². The van der Waals surface area contributed by atoms with E-state index in [1.54, 1.807) is 12.3 Å². The summed E-state index contributed by atoms with van der Waals surface area (Å²) >= 11 is 0. The first-order valence-electron chi connectivity index (χ1n) is 5.68. The SMILES string of the molecule is CN(Cc1cccc(-c2ccnc(N)n2)c1)C(=O)O. The Labute approximate surface area is 110 Å². The fraction of sp³-hybridized carbons (Fsp3) is 0.154. The highest BCUT2D eigenvalue weighted by Crippen LogP contribution is 2.19. The molecule has 0 saturated carbocycles. The van der Waals surface area contributed by atoms with Gasteiger partial charge in [0.2, 0.25) is 5.95 Å². The molecule has 1 aromatic carbocycles. The van der Waals surface area contributed by atoms with Crippen molar-refractivity contribution in [2.45, 2.75) is 6.54 Å². The summed E-state index contributed by atoms with van der Waals surface area (Å²) in [5, 5.41) is 8.85. The summed E-state index contributed by atoms with van der Waals surface area (Å²) < 4.78 is 0. The Hall–Kier alpha value is -2.63. The molecule has 0 radical (unpaired) electrons. The maximum absolute atomic E-state index is 10.8. The smallest absolute Gasteiger partial charge is 0.407 e. The van der Waals surface area contributed by atoms with Gasteiger partial charge < -0.3 is 15.7 Å². The van der Waals surface area contributed by atoms with Gasteiger partial charge in [0.05, 0.1) is 5.69 Å². The first kappa shape index (κ1) is 12.8. The normalized spacial score (nSPS) is 10.2. The predicted molar refractivity (Wildman–Crippen MR) is 71.4 cm³/mol. The second-order valence-corrected chi connectivity index (χ2v) is 4.14. The van der Waals surface area contributed by atoms with Crippen molar-refractivity contribution in [3.63, 3.8) is 0 Å². The van der Waals surface area contributed by atoms with Crippen LogP contribution in [-0.4, -0.2) is 33.1 Å². The lowest BCUT2D eigenvalue weighted by Crippen LogP contribution is -2.23. The minimum Gasteiger partial charge on any atom is -0.465 e. The zero-order valence-electron chi connectivity index (χ0n) is 10.4. The van der Waals surface area contributed by atoms with Gasteiger partial charge in [-0.25, -0.2) is 14.8 Å². The number of hydrogen-bond donors (Lipinski definition) is 2. The summed E-state index contributed by atoms with van der Waals surface area (Å²) in [6, 6.07) is 9.27. The van der Waals surface area contributed by atoms with Crippen LogP contribution >= 0.6 is 0 Å². The lowest BCUT2D eigenvalue weighted by molar-refractivity contribution is 0.154. The topological polar surface area (TPSA) is 92.3 Å². The highest BCUT2D eigenvalue weighted by Gasteiger charge is 2.07. The molecule has 0 spiro atoms. The molecule has 98 valence electrons. The fourth-order valence-electron chi connectivity index (χ4n) is 1.71. The van der Waals surface area contributed by atoms with Crippen molar-refractivity contribution in [3.05, 3.63) is 42.1 Å². The molecule has 2 aromatic rings. The molecular weight excluding hydrogens is 244 g/mol. The molecule has 1 heterocycles. The van der Waals surface area contributed by atoms with E-state index in [1.807, 2.05) is 24.3 Å². The minimum atomic E-state index is -0.961. The van der Waals surface area contributed by atoms with Crippen molar-refractivity contribution in [3.8, 4) is 11.3 Å². The summed E-state index contributed by atoms with van der Waals surface area (Å²) in [4.78, 5) is 20.0. The van der Waals surface area contributed by atoms with E-state index >= 15 is 0 Å². The summed E-state index contributed by atoms with van der Waals surface area (Å²) in [5.74, 6) is 0.213. The predicted octanol–water partition coefficient (Wildman–Crippen LogP) is 1.84. The third-order valence-electron chi connectivity index (χ3n) is 2.64. The van der Waals surface area contributed by atoms with Crippen molar-refractivity contribution in [2.75, 3.05) is 12.8 Å². The second kappa shape index (κ2) is 5.34. The molecular formula is C13H14N4O2. The van der Waals surface area contributed by atoms with E-state index in [1.165, 1.54) is 11.9 Å². The molecule has 0 unspecified atom stereocenters. The Morgan fingerprint density at radius 2 is 2.21 bits per heavy atom. The van der Waals surface area contributed by atoms with Crippen LogP contribution in [0, 0.1) is 0 Å². The number of rotatable bonds is 3. The largest absolute Gasteiger partial charge is 0.465 e. The van der Waals surface area contributed by atoms with E-state index in [2.05, 4.69) is 9.97 Å². The van der Waals surface area contributed by atoms with Gasteiger partial charge in [-0.2, -0.15) is 0 Å². The zero-order chi connectivity index (χ0) is 13.8. The maximum atomic E-state index is 10.8. The molecule has 0 fully saturated rings. The van der Waals surface area contributed by atoms with Crippen molar-refractivity contribution >= 4 is 12.0 Å². The maximum Gasteiger partial charge on any atom is 0.407 e. The van der Waals surface area contributed by atoms with Crippen LogP contribution in [0.5, 0.6) is 0 Å². The minimum absolute atomic E-state index is 0.213. The van der Waals surface area contributed by atoms with Gasteiger partial charge in [0, 0.05) is 25.4 Å². The summed E-state index contributed by atoms with van der Waals surface area (Å²) in [5.41, 5.74) is 8.03. The Morgan fingerprint density at radius 3 is 2.89 bits per heavy atom. The zero-order valence-corrected chi connectivity index (χ0v) is 10.4. The first-order chi connectivity index (χ1) is 9.06. The van der Waals surface area contributed by atoms with Gasteiger partial charge in [-0.05, 0) is 17.7 Å². The number of carbonyl (C=O) groups is 1. The van der Waals surface area contributed by atoms with Crippen molar-refractivity contribution < 1.29 is 9.90 Å². The monoisotopic (exact) mass is 258 g/mol. The highest BCUT2D eigenvalue weighted by atomic mass is 16.4. The molecule has 6 heteroatoms. The van der Waals surface area contributed by atoms with Crippen LogP contribution in [0.1, 0.15) is 5.56 Å². The second-order valence-electron chi connectivity index (χ2n) is 4.14. The lowest BCUT2D eigenvalue weighted by Gasteiger charge is -2.13. The number of carboxylic acid groups (broad SMARTS) is 1. The Kier molecular flexibility index (Phi) is 3.61. The van der Waals surface area contributed by atoms with Gasteiger partial charge in [-0.1, -0.05) is 18.2 Å². The number of benzene rings is 1. The van der Waals surface area contributed by atoms with E-state index in [0.717, 1.165) is 11.1 Å². The number of aromatic nitrogens is 2. The Morgan fingerprint density at radius 1 is 1.42 bits per heavy atom. The molecule has 0 saturated heterocycles. The molecule has 0 aliphatic rings. The van der Waals surface area contributed by atoms with Crippen LogP contribution < -0.4 is 5.73 Å². The van der Waals surface area contributed by atoms with Crippen LogP contribution in [0.4, 0.5) is 10.7 Å². The van der Waals surface area contributed by atoms with E-state index < -0.39 is 6.09 Å². The van der Waals surface area contributed by atoms with Crippen LogP contribution in [0.15, 0.2) is 36.5 Å².